The minimum absolute atomic E-state index is 0.190. The zero-order valence-corrected chi connectivity index (χ0v) is 12.2. The summed E-state index contributed by atoms with van der Waals surface area (Å²) in [4.78, 5) is 0. The first-order valence-corrected chi connectivity index (χ1v) is 7.41. The number of fused-ring (bicyclic) bond motifs is 1. The molecule has 2 aromatic rings. The summed E-state index contributed by atoms with van der Waals surface area (Å²) in [5, 5.41) is 8.89. The number of aryl methyl sites for hydroxylation is 1. The molecule has 21 heavy (non-hydrogen) atoms. The van der Waals surface area contributed by atoms with Crippen LogP contribution in [0.3, 0.4) is 0 Å². The van der Waals surface area contributed by atoms with Gasteiger partial charge in [-0.25, -0.2) is 0 Å². The average molecular weight is 288 g/mol. The average Bonchev–Trinajstić information content (AvgIpc) is 3.14. The fraction of sp³-hybridized carbons (Fsp3) is 0.412. The van der Waals surface area contributed by atoms with E-state index in [1.54, 1.807) is 0 Å². The third kappa shape index (κ3) is 2.90. The molecule has 0 radical (unpaired) electrons. The lowest BCUT2D eigenvalue weighted by Gasteiger charge is -2.13. The minimum Gasteiger partial charge on any atom is -0.465 e. The second kappa shape index (κ2) is 6.22. The molecule has 1 aliphatic rings. The van der Waals surface area contributed by atoms with Gasteiger partial charge in [-0.15, -0.1) is 0 Å². The summed E-state index contributed by atoms with van der Waals surface area (Å²) >= 11 is 0. The van der Waals surface area contributed by atoms with E-state index in [0.29, 0.717) is 6.79 Å². The SMILES string of the molecule is CCC(c1ccc2c(c1)OCO2)c1ccc(CCCO)o1. The Morgan fingerprint density at radius 1 is 1.14 bits per heavy atom. The Balaban J connectivity index is 1.82. The third-order valence-electron chi connectivity index (χ3n) is 3.81. The number of hydrogen-bond acceptors (Lipinski definition) is 4. The molecule has 0 aliphatic carbocycles. The first kappa shape index (κ1) is 14.0. The van der Waals surface area contributed by atoms with E-state index < -0.39 is 0 Å². The van der Waals surface area contributed by atoms with Crippen molar-refractivity contribution in [2.45, 2.75) is 32.1 Å². The van der Waals surface area contributed by atoms with E-state index in [-0.39, 0.29) is 12.5 Å². The van der Waals surface area contributed by atoms with E-state index in [9.17, 15) is 0 Å². The molecule has 4 nitrogen and oxygen atoms in total. The topological polar surface area (TPSA) is 51.8 Å². The molecule has 112 valence electrons. The van der Waals surface area contributed by atoms with Gasteiger partial charge in [-0.1, -0.05) is 13.0 Å². The predicted molar refractivity (Wildman–Crippen MR) is 78.8 cm³/mol. The molecule has 1 unspecified atom stereocenters. The first-order valence-electron chi connectivity index (χ1n) is 7.41. The van der Waals surface area contributed by atoms with Crippen LogP contribution in [0.25, 0.3) is 0 Å². The second-order valence-electron chi connectivity index (χ2n) is 5.20. The Hall–Kier alpha value is -1.94. The maximum atomic E-state index is 8.89. The van der Waals surface area contributed by atoms with E-state index in [1.165, 1.54) is 5.56 Å². The molecule has 0 saturated heterocycles. The van der Waals surface area contributed by atoms with E-state index in [1.807, 2.05) is 24.3 Å². The third-order valence-corrected chi connectivity index (χ3v) is 3.81. The van der Waals surface area contributed by atoms with E-state index in [4.69, 9.17) is 19.0 Å². The number of aliphatic hydroxyl groups excluding tert-OH is 1. The maximum absolute atomic E-state index is 8.89. The summed E-state index contributed by atoms with van der Waals surface area (Å²) in [5.74, 6) is 3.71. The fourth-order valence-electron chi connectivity index (χ4n) is 2.70. The van der Waals surface area contributed by atoms with Gasteiger partial charge >= 0.3 is 0 Å². The van der Waals surface area contributed by atoms with E-state index >= 15 is 0 Å². The monoisotopic (exact) mass is 288 g/mol. The van der Waals surface area contributed by atoms with Gasteiger partial charge in [0.25, 0.3) is 0 Å². The summed E-state index contributed by atoms with van der Waals surface area (Å²) in [7, 11) is 0. The Morgan fingerprint density at radius 3 is 2.81 bits per heavy atom. The highest BCUT2D eigenvalue weighted by atomic mass is 16.7. The van der Waals surface area contributed by atoms with E-state index in [2.05, 4.69) is 13.0 Å². The number of hydrogen-bond donors (Lipinski definition) is 1. The van der Waals surface area contributed by atoms with Gasteiger partial charge < -0.3 is 19.0 Å². The van der Waals surface area contributed by atoms with Crippen LogP contribution in [0.15, 0.2) is 34.7 Å². The second-order valence-corrected chi connectivity index (χ2v) is 5.20. The quantitative estimate of drug-likeness (QED) is 0.884. The number of rotatable bonds is 6. The van der Waals surface area contributed by atoms with Crippen molar-refractivity contribution < 1.29 is 19.0 Å². The van der Waals surface area contributed by atoms with Crippen molar-refractivity contribution >= 4 is 0 Å². The van der Waals surface area contributed by atoms with Crippen molar-refractivity contribution in [1.29, 1.82) is 0 Å². The molecule has 1 N–H and O–H groups in total. The minimum atomic E-state index is 0.190. The van der Waals surface area contributed by atoms with Gasteiger partial charge in [-0.3, -0.25) is 0 Å². The largest absolute Gasteiger partial charge is 0.465 e. The van der Waals surface area contributed by atoms with Gasteiger partial charge in [-0.2, -0.15) is 0 Å². The number of aliphatic hydroxyl groups is 1. The number of furan rings is 1. The van der Waals surface area contributed by atoms with Gasteiger partial charge in [0, 0.05) is 18.9 Å². The van der Waals surface area contributed by atoms with Gasteiger partial charge in [0.2, 0.25) is 6.79 Å². The van der Waals surface area contributed by atoms with Crippen molar-refractivity contribution in [2.24, 2.45) is 0 Å². The van der Waals surface area contributed by atoms with Gasteiger partial charge in [-0.05, 0) is 42.7 Å². The van der Waals surface area contributed by atoms with Crippen LogP contribution in [-0.4, -0.2) is 18.5 Å². The predicted octanol–water partition coefficient (Wildman–Crippen LogP) is 3.48. The Bertz CT molecular complexity index is 603. The fourth-order valence-corrected chi connectivity index (χ4v) is 2.70. The van der Waals surface area contributed by atoms with Crippen LogP contribution in [0.5, 0.6) is 11.5 Å². The van der Waals surface area contributed by atoms with Crippen LogP contribution in [0.1, 0.15) is 42.8 Å². The number of ether oxygens (including phenoxy) is 2. The van der Waals surface area contributed by atoms with Crippen molar-refractivity contribution in [3.05, 3.63) is 47.4 Å². The molecule has 3 rings (SSSR count). The van der Waals surface area contributed by atoms with Crippen molar-refractivity contribution in [2.75, 3.05) is 13.4 Å². The van der Waals surface area contributed by atoms with Gasteiger partial charge in [0.15, 0.2) is 11.5 Å². The lowest BCUT2D eigenvalue weighted by Crippen LogP contribution is -1.98. The lowest BCUT2D eigenvalue weighted by atomic mass is 9.94. The summed E-state index contributed by atoms with van der Waals surface area (Å²) in [5.41, 5.74) is 1.17. The Morgan fingerprint density at radius 2 is 2.00 bits per heavy atom. The van der Waals surface area contributed by atoms with Gasteiger partial charge in [0.05, 0.1) is 0 Å². The molecule has 0 fully saturated rings. The summed E-state index contributed by atoms with van der Waals surface area (Å²) < 4.78 is 16.7. The smallest absolute Gasteiger partial charge is 0.231 e. The van der Waals surface area contributed by atoms with Crippen LogP contribution in [0.2, 0.25) is 0 Å². The summed E-state index contributed by atoms with van der Waals surface area (Å²) in [6.07, 6.45) is 2.45. The Labute approximate surface area is 124 Å². The zero-order chi connectivity index (χ0) is 14.7. The number of benzene rings is 1. The molecule has 0 bridgehead atoms. The maximum Gasteiger partial charge on any atom is 0.231 e. The molecule has 1 aromatic heterocycles. The van der Waals surface area contributed by atoms with Gasteiger partial charge in [0.1, 0.15) is 11.5 Å². The van der Waals surface area contributed by atoms with Crippen LogP contribution in [0, 0.1) is 0 Å². The normalized spacial score (nSPS) is 14.4. The van der Waals surface area contributed by atoms with Crippen LogP contribution < -0.4 is 9.47 Å². The molecule has 0 saturated carbocycles. The molecule has 1 atom stereocenters. The standard InChI is InChI=1S/C17H20O4/c1-2-14(15-8-6-13(21-15)4-3-9-18)12-5-7-16-17(10-12)20-11-19-16/h5-8,10,14,18H,2-4,9,11H2,1H3. The molecule has 1 aliphatic heterocycles. The highest BCUT2D eigenvalue weighted by molar-refractivity contribution is 5.46. The molecule has 0 amide bonds. The van der Waals surface area contributed by atoms with Crippen LogP contribution in [0.4, 0.5) is 0 Å². The highest BCUT2D eigenvalue weighted by Crippen LogP contribution is 2.37. The van der Waals surface area contributed by atoms with Crippen LogP contribution >= 0.6 is 0 Å². The van der Waals surface area contributed by atoms with Crippen molar-refractivity contribution in [3.63, 3.8) is 0 Å². The zero-order valence-electron chi connectivity index (χ0n) is 12.2. The first-order chi connectivity index (χ1) is 10.3. The van der Waals surface area contributed by atoms with Crippen LogP contribution in [-0.2, 0) is 6.42 Å². The molecular weight excluding hydrogens is 268 g/mol. The van der Waals surface area contributed by atoms with Crippen molar-refractivity contribution in [1.82, 2.24) is 0 Å². The highest BCUT2D eigenvalue weighted by Gasteiger charge is 2.20. The summed E-state index contributed by atoms with van der Waals surface area (Å²) in [6, 6.07) is 10.1. The molecule has 0 spiro atoms. The molecular formula is C17H20O4. The molecule has 2 heterocycles. The Kier molecular flexibility index (Phi) is 4.15. The lowest BCUT2D eigenvalue weighted by molar-refractivity contribution is 0.174. The summed E-state index contributed by atoms with van der Waals surface area (Å²) in [6.45, 7) is 2.63. The van der Waals surface area contributed by atoms with E-state index in [0.717, 1.165) is 42.3 Å². The molecule has 4 heteroatoms. The van der Waals surface area contributed by atoms with Crippen molar-refractivity contribution in [3.8, 4) is 11.5 Å². The molecule has 1 aromatic carbocycles.